The molecule has 0 bridgehead atoms. The van der Waals surface area contributed by atoms with E-state index in [-0.39, 0.29) is 17.2 Å². The average molecular weight is 461 g/mol. The summed E-state index contributed by atoms with van der Waals surface area (Å²) < 4.78 is 2.91. The summed E-state index contributed by atoms with van der Waals surface area (Å²) in [5.41, 5.74) is 2.85. The molecular weight excluding hydrogens is 436 g/mol. The Balaban J connectivity index is 1.78. The SMILES string of the molecule is CCCCSc1nc2n(n1)[C@@H](c1ccc(Br)cc1)C1=C(CC(C)(C)CC1=O)N2. The van der Waals surface area contributed by atoms with Crippen molar-refractivity contribution >= 4 is 39.4 Å². The molecule has 0 saturated heterocycles. The van der Waals surface area contributed by atoms with E-state index in [0.29, 0.717) is 6.42 Å². The third-order valence-electron chi connectivity index (χ3n) is 5.23. The quantitative estimate of drug-likeness (QED) is 0.465. The predicted molar refractivity (Wildman–Crippen MR) is 117 cm³/mol. The molecule has 0 spiro atoms. The van der Waals surface area contributed by atoms with E-state index in [1.54, 1.807) is 11.8 Å². The number of halogens is 1. The van der Waals surface area contributed by atoms with Crippen molar-refractivity contribution in [2.24, 2.45) is 5.41 Å². The Bertz CT molecular complexity index is 932. The van der Waals surface area contributed by atoms with Crippen molar-refractivity contribution in [3.63, 3.8) is 0 Å². The number of anilines is 1. The lowest BCUT2D eigenvalue weighted by molar-refractivity contribution is -0.118. The molecule has 0 radical (unpaired) electrons. The Hall–Kier alpha value is -1.60. The molecule has 4 rings (SSSR count). The van der Waals surface area contributed by atoms with Crippen molar-refractivity contribution in [3.05, 3.63) is 45.6 Å². The normalized spacial score (nSPS) is 20.6. The highest BCUT2D eigenvalue weighted by molar-refractivity contribution is 9.10. The van der Waals surface area contributed by atoms with E-state index in [2.05, 4.69) is 54.2 Å². The van der Waals surface area contributed by atoms with Crippen LogP contribution in [-0.2, 0) is 4.79 Å². The van der Waals surface area contributed by atoms with Gasteiger partial charge in [0.2, 0.25) is 11.1 Å². The molecule has 1 atom stereocenters. The van der Waals surface area contributed by atoms with Gasteiger partial charge < -0.3 is 5.32 Å². The van der Waals surface area contributed by atoms with E-state index in [0.717, 1.165) is 57.4 Å². The van der Waals surface area contributed by atoms with Gasteiger partial charge in [0.1, 0.15) is 6.04 Å². The first-order chi connectivity index (χ1) is 13.4. The highest BCUT2D eigenvalue weighted by atomic mass is 79.9. The number of nitrogens with one attached hydrogen (secondary N) is 1. The smallest absolute Gasteiger partial charge is 0.227 e. The lowest BCUT2D eigenvalue weighted by atomic mass is 9.73. The topological polar surface area (TPSA) is 59.8 Å². The van der Waals surface area contributed by atoms with Crippen LogP contribution < -0.4 is 5.32 Å². The number of aromatic nitrogens is 3. The molecule has 0 amide bonds. The summed E-state index contributed by atoms with van der Waals surface area (Å²) in [5.74, 6) is 1.94. The third kappa shape index (κ3) is 3.79. The average Bonchev–Trinajstić information content (AvgIpc) is 3.02. The molecule has 0 unspecified atom stereocenters. The minimum absolute atomic E-state index is 0.0475. The molecule has 2 heterocycles. The molecule has 1 aliphatic heterocycles. The van der Waals surface area contributed by atoms with E-state index in [1.807, 2.05) is 16.8 Å². The summed E-state index contributed by atoms with van der Waals surface area (Å²) in [7, 11) is 0. The molecular formula is C21H25BrN4OS. The van der Waals surface area contributed by atoms with Gasteiger partial charge in [-0.05, 0) is 36.0 Å². The van der Waals surface area contributed by atoms with Crippen molar-refractivity contribution < 1.29 is 4.79 Å². The zero-order valence-corrected chi connectivity index (χ0v) is 18.9. The molecule has 1 aromatic heterocycles. The molecule has 2 aromatic rings. The van der Waals surface area contributed by atoms with E-state index in [4.69, 9.17) is 10.1 Å². The Labute approximate surface area is 178 Å². The molecule has 2 aliphatic rings. The summed E-state index contributed by atoms with van der Waals surface area (Å²) in [6.45, 7) is 6.48. The Morgan fingerprint density at radius 3 is 2.75 bits per heavy atom. The van der Waals surface area contributed by atoms with Crippen LogP contribution in [0.25, 0.3) is 0 Å². The maximum Gasteiger partial charge on any atom is 0.227 e. The van der Waals surface area contributed by atoms with Crippen LogP contribution in [0.4, 0.5) is 5.95 Å². The number of ketones is 1. The monoisotopic (exact) mass is 460 g/mol. The number of allylic oxidation sites excluding steroid dienone is 2. The highest BCUT2D eigenvalue weighted by Gasteiger charge is 2.41. The number of benzene rings is 1. The number of rotatable bonds is 5. The van der Waals surface area contributed by atoms with E-state index in [9.17, 15) is 4.79 Å². The number of fused-ring (bicyclic) bond motifs is 1. The second-order valence-electron chi connectivity index (χ2n) is 8.28. The summed E-state index contributed by atoms with van der Waals surface area (Å²) in [6, 6.07) is 7.93. The van der Waals surface area contributed by atoms with Crippen LogP contribution in [0.3, 0.4) is 0 Å². The van der Waals surface area contributed by atoms with Gasteiger partial charge in [0, 0.05) is 27.9 Å². The standard InChI is InChI=1S/C21H25BrN4OS/c1-4-5-10-28-20-24-19-23-15-11-21(2,3)12-16(27)17(15)18(26(19)25-20)13-6-8-14(22)9-7-13/h6-9,18H,4-5,10-12H2,1-3H3,(H,23,24,25)/t18-/m0/s1. The van der Waals surface area contributed by atoms with Gasteiger partial charge in [-0.1, -0.05) is 67.0 Å². The van der Waals surface area contributed by atoms with Gasteiger partial charge in [0.15, 0.2) is 5.78 Å². The Morgan fingerprint density at radius 2 is 2.04 bits per heavy atom. The van der Waals surface area contributed by atoms with Crippen molar-refractivity contribution in [1.29, 1.82) is 0 Å². The van der Waals surface area contributed by atoms with Crippen LogP contribution in [0.5, 0.6) is 0 Å². The van der Waals surface area contributed by atoms with Gasteiger partial charge in [-0.25, -0.2) is 4.68 Å². The number of hydrogen-bond acceptors (Lipinski definition) is 5. The summed E-state index contributed by atoms with van der Waals surface area (Å²) in [5, 5.41) is 8.97. The van der Waals surface area contributed by atoms with Crippen LogP contribution >= 0.6 is 27.7 Å². The van der Waals surface area contributed by atoms with Gasteiger partial charge in [0.25, 0.3) is 0 Å². The summed E-state index contributed by atoms with van der Waals surface area (Å²) in [4.78, 5) is 17.9. The number of hydrogen-bond donors (Lipinski definition) is 1. The molecule has 0 fully saturated rings. The van der Waals surface area contributed by atoms with Crippen LogP contribution in [0, 0.1) is 5.41 Å². The van der Waals surface area contributed by atoms with Crippen LogP contribution in [0.1, 0.15) is 58.1 Å². The molecule has 1 aliphatic carbocycles. The number of thioether (sulfide) groups is 1. The van der Waals surface area contributed by atoms with Crippen molar-refractivity contribution in [2.45, 2.75) is 57.7 Å². The lowest BCUT2D eigenvalue weighted by Gasteiger charge is -2.38. The summed E-state index contributed by atoms with van der Waals surface area (Å²) in [6.07, 6.45) is 3.69. The maximum atomic E-state index is 13.1. The Kier molecular flexibility index (Phi) is 5.40. The molecule has 7 heteroatoms. The van der Waals surface area contributed by atoms with Crippen molar-refractivity contribution in [2.75, 3.05) is 11.1 Å². The first-order valence-corrected chi connectivity index (χ1v) is 11.5. The molecule has 5 nitrogen and oxygen atoms in total. The molecule has 1 aromatic carbocycles. The largest absolute Gasteiger partial charge is 0.328 e. The predicted octanol–water partition coefficient (Wildman–Crippen LogP) is 5.59. The first-order valence-electron chi connectivity index (χ1n) is 9.76. The zero-order valence-electron chi connectivity index (χ0n) is 16.5. The number of carbonyl (C=O) groups is 1. The zero-order chi connectivity index (χ0) is 19.9. The molecule has 148 valence electrons. The van der Waals surface area contributed by atoms with Gasteiger partial charge in [-0.2, -0.15) is 4.98 Å². The van der Waals surface area contributed by atoms with Crippen LogP contribution in [-0.4, -0.2) is 26.3 Å². The Morgan fingerprint density at radius 1 is 1.29 bits per heavy atom. The second-order valence-corrected chi connectivity index (χ2v) is 10.3. The highest BCUT2D eigenvalue weighted by Crippen LogP contribution is 2.45. The van der Waals surface area contributed by atoms with Gasteiger partial charge in [0.05, 0.1) is 0 Å². The number of unbranched alkanes of at least 4 members (excludes halogenated alkanes) is 1. The van der Waals surface area contributed by atoms with Gasteiger partial charge in [-0.3, -0.25) is 4.79 Å². The van der Waals surface area contributed by atoms with E-state index >= 15 is 0 Å². The lowest BCUT2D eigenvalue weighted by Crippen LogP contribution is -2.36. The van der Waals surface area contributed by atoms with Gasteiger partial charge in [-0.15, -0.1) is 5.10 Å². The second kappa shape index (κ2) is 7.67. The fourth-order valence-corrected chi connectivity index (χ4v) is 5.09. The van der Waals surface area contributed by atoms with Crippen molar-refractivity contribution in [1.82, 2.24) is 14.8 Å². The van der Waals surface area contributed by atoms with E-state index in [1.165, 1.54) is 0 Å². The van der Waals surface area contributed by atoms with Gasteiger partial charge >= 0.3 is 0 Å². The third-order valence-corrected chi connectivity index (χ3v) is 6.68. The number of carbonyl (C=O) groups excluding carboxylic acids is 1. The number of Topliss-reactive ketones (excluding diaryl/α,β-unsaturated/α-hetero) is 1. The maximum absolute atomic E-state index is 13.1. The van der Waals surface area contributed by atoms with Crippen molar-refractivity contribution in [3.8, 4) is 0 Å². The number of nitrogens with zero attached hydrogens (tertiary/aromatic N) is 3. The minimum Gasteiger partial charge on any atom is -0.328 e. The fourth-order valence-electron chi connectivity index (χ4n) is 3.91. The fraction of sp³-hybridized carbons (Fsp3) is 0.476. The molecule has 1 N–H and O–H groups in total. The summed E-state index contributed by atoms with van der Waals surface area (Å²) >= 11 is 5.18. The molecule has 0 saturated carbocycles. The van der Waals surface area contributed by atoms with E-state index < -0.39 is 0 Å². The van der Waals surface area contributed by atoms with Crippen LogP contribution in [0.15, 0.2) is 45.2 Å². The minimum atomic E-state index is -0.226. The molecule has 28 heavy (non-hydrogen) atoms. The first kappa shape index (κ1) is 19.7. The van der Waals surface area contributed by atoms with Crippen LogP contribution in [0.2, 0.25) is 0 Å².